The third kappa shape index (κ3) is 2.89. The Kier molecular flexibility index (Phi) is 3.98. The van der Waals surface area contributed by atoms with Crippen molar-refractivity contribution in [1.82, 2.24) is 0 Å². The molecule has 1 fully saturated rings. The minimum absolute atomic E-state index is 0.00240. The van der Waals surface area contributed by atoms with Crippen molar-refractivity contribution in [2.45, 2.75) is 13.0 Å². The molecular formula is C22H20N2O. The first-order chi connectivity index (χ1) is 12.2. The van der Waals surface area contributed by atoms with Gasteiger partial charge in [0, 0.05) is 11.4 Å². The molecule has 1 saturated heterocycles. The lowest BCUT2D eigenvalue weighted by Crippen LogP contribution is -2.32. The Bertz CT molecular complexity index is 860. The summed E-state index contributed by atoms with van der Waals surface area (Å²) in [6.45, 7) is 2.69. The molecule has 0 saturated carbocycles. The average Bonchev–Trinajstić information content (AvgIpc) is 3.01. The van der Waals surface area contributed by atoms with Crippen molar-refractivity contribution in [1.29, 1.82) is 0 Å². The Morgan fingerprint density at radius 1 is 0.760 bits per heavy atom. The zero-order valence-corrected chi connectivity index (χ0v) is 14.2. The summed E-state index contributed by atoms with van der Waals surface area (Å²) in [7, 11) is 0. The normalized spacial score (nSPS) is 17.2. The fourth-order valence-electron chi connectivity index (χ4n) is 3.35. The van der Waals surface area contributed by atoms with Crippen molar-refractivity contribution < 1.29 is 4.79 Å². The first-order valence-corrected chi connectivity index (χ1v) is 8.51. The number of amides is 2. The summed E-state index contributed by atoms with van der Waals surface area (Å²) in [5.41, 5.74) is 4.20. The highest BCUT2D eigenvalue weighted by Crippen LogP contribution is 2.36. The van der Waals surface area contributed by atoms with Crippen molar-refractivity contribution in [3.05, 3.63) is 96.1 Å². The molecule has 3 aromatic rings. The van der Waals surface area contributed by atoms with E-state index in [0.717, 1.165) is 16.9 Å². The molecule has 25 heavy (non-hydrogen) atoms. The number of nitrogens with zero attached hydrogens (tertiary/aromatic N) is 2. The number of carbonyl (C=O) groups is 1. The van der Waals surface area contributed by atoms with Crippen LogP contribution in [0, 0.1) is 6.92 Å². The number of hydrogen-bond donors (Lipinski definition) is 0. The Hall–Kier alpha value is -3.07. The number of aryl methyl sites for hydroxylation is 1. The van der Waals surface area contributed by atoms with Crippen molar-refractivity contribution in [2.24, 2.45) is 0 Å². The maximum Gasteiger partial charge on any atom is 0.329 e. The van der Waals surface area contributed by atoms with Crippen LogP contribution in [0.3, 0.4) is 0 Å². The molecular weight excluding hydrogens is 308 g/mol. The van der Waals surface area contributed by atoms with Crippen molar-refractivity contribution in [3.63, 3.8) is 0 Å². The van der Waals surface area contributed by atoms with Gasteiger partial charge in [-0.3, -0.25) is 9.80 Å². The van der Waals surface area contributed by atoms with Gasteiger partial charge >= 0.3 is 6.03 Å². The van der Waals surface area contributed by atoms with Gasteiger partial charge in [0.25, 0.3) is 0 Å². The molecule has 0 spiro atoms. The summed E-state index contributed by atoms with van der Waals surface area (Å²) >= 11 is 0. The van der Waals surface area contributed by atoms with Crippen LogP contribution in [0.5, 0.6) is 0 Å². The third-order valence-corrected chi connectivity index (χ3v) is 4.67. The molecule has 1 atom stereocenters. The predicted octanol–water partition coefficient (Wildman–Crippen LogP) is 5.18. The van der Waals surface area contributed by atoms with E-state index in [1.165, 1.54) is 5.56 Å². The van der Waals surface area contributed by atoms with Gasteiger partial charge < -0.3 is 0 Å². The molecule has 0 radical (unpaired) electrons. The first-order valence-electron chi connectivity index (χ1n) is 8.51. The lowest BCUT2D eigenvalue weighted by molar-refractivity contribution is 0.255. The van der Waals surface area contributed by atoms with Gasteiger partial charge in [0.1, 0.15) is 0 Å². The number of anilines is 2. The third-order valence-electron chi connectivity index (χ3n) is 4.67. The van der Waals surface area contributed by atoms with Gasteiger partial charge in [-0.25, -0.2) is 4.79 Å². The Morgan fingerprint density at radius 3 is 2.00 bits per heavy atom. The Labute approximate surface area is 148 Å². The van der Waals surface area contributed by atoms with Crippen LogP contribution in [-0.2, 0) is 0 Å². The van der Waals surface area contributed by atoms with Gasteiger partial charge in [0.15, 0.2) is 0 Å². The van der Waals surface area contributed by atoms with Crippen LogP contribution in [-0.4, -0.2) is 12.6 Å². The van der Waals surface area contributed by atoms with Gasteiger partial charge in [-0.2, -0.15) is 0 Å². The summed E-state index contributed by atoms with van der Waals surface area (Å²) in [5.74, 6) is 0. The summed E-state index contributed by atoms with van der Waals surface area (Å²) in [6.07, 6.45) is 0. The fourth-order valence-corrected chi connectivity index (χ4v) is 3.35. The molecule has 3 heteroatoms. The Morgan fingerprint density at radius 2 is 1.36 bits per heavy atom. The highest BCUT2D eigenvalue weighted by Gasteiger charge is 2.39. The van der Waals surface area contributed by atoms with E-state index in [9.17, 15) is 4.79 Å². The van der Waals surface area contributed by atoms with Gasteiger partial charge in [-0.1, -0.05) is 66.2 Å². The largest absolute Gasteiger partial charge is 0.329 e. The van der Waals surface area contributed by atoms with Gasteiger partial charge in [0.05, 0.1) is 12.6 Å². The maximum atomic E-state index is 13.2. The molecule has 0 bridgehead atoms. The van der Waals surface area contributed by atoms with E-state index >= 15 is 0 Å². The number of hydrogen-bond acceptors (Lipinski definition) is 1. The van der Waals surface area contributed by atoms with Crippen LogP contribution in [0.1, 0.15) is 17.2 Å². The number of para-hydroxylation sites is 1. The molecule has 124 valence electrons. The van der Waals surface area contributed by atoms with Gasteiger partial charge in [-0.05, 0) is 36.8 Å². The smallest absolute Gasteiger partial charge is 0.292 e. The van der Waals surface area contributed by atoms with Gasteiger partial charge in [-0.15, -0.1) is 0 Å². The molecule has 1 aliphatic heterocycles. The van der Waals surface area contributed by atoms with Crippen LogP contribution in [0.15, 0.2) is 84.9 Å². The summed E-state index contributed by atoms with van der Waals surface area (Å²) < 4.78 is 0. The van der Waals surface area contributed by atoms with Crippen molar-refractivity contribution >= 4 is 17.4 Å². The Balaban J connectivity index is 1.76. The standard InChI is InChI=1S/C22H20N2O/c1-17-12-14-19(15-13-17)23-16-21(18-8-4-2-5-9-18)24(22(23)25)20-10-6-3-7-11-20/h2-15,21H,16H2,1H3. The summed E-state index contributed by atoms with van der Waals surface area (Å²) in [6, 6.07) is 28.3. The molecule has 4 rings (SSSR count). The molecule has 1 heterocycles. The fraction of sp³-hybridized carbons (Fsp3) is 0.136. The van der Waals surface area contributed by atoms with E-state index in [4.69, 9.17) is 0 Å². The van der Waals surface area contributed by atoms with Gasteiger partial charge in [0.2, 0.25) is 0 Å². The van der Waals surface area contributed by atoms with Crippen LogP contribution < -0.4 is 9.80 Å². The lowest BCUT2D eigenvalue weighted by atomic mass is 10.1. The molecule has 0 aliphatic carbocycles. The van der Waals surface area contributed by atoms with Crippen molar-refractivity contribution in [3.8, 4) is 0 Å². The molecule has 1 aliphatic rings. The molecule has 1 unspecified atom stereocenters. The molecule has 3 nitrogen and oxygen atoms in total. The SMILES string of the molecule is Cc1ccc(N2CC(c3ccccc3)N(c3ccccc3)C2=O)cc1. The average molecular weight is 328 g/mol. The first kappa shape index (κ1) is 15.5. The van der Waals surface area contributed by atoms with E-state index in [1.54, 1.807) is 0 Å². The maximum absolute atomic E-state index is 13.2. The van der Waals surface area contributed by atoms with Crippen molar-refractivity contribution in [2.75, 3.05) is 16.3 Å². The minimum atomic E-state index is -0.00240. The number of rotatable bonds is 3. The molecule has 0 N–H and O–H groups in total. The van der Waals surface area contributed by atoms with E-state index < -0.39 is 0 Å². The lowest BCUT2D eigenvalue weighted by Gasteiger charge is -2.23. The summed E-state index contributed by atoms with van der Waals surface area (Å²) in [5, 5.41) is 0. The minimum Gasteiger partial charge on any atom is -0.292 e. The zero-order valence-electron chi connectivity index (χ0n) is 14.2. The number of benzene rings is 3. The van der Waals surface area contributed by atoms with Crippen LogP contribution in [0.4, 0.5) is 16.2 Å². The van der Waals surface area contributed by atoms with Crippen LogP contribution in [0.25, 0.3) is 0 Å². The molecule has 2 amide bonds. The van der Waals surface area contributed by atoms with Crippen LogP contribution >= 0.6 is 0 Å². The van der Waals surface area contributed by atoms with E-state index in [1.807, 2.05) is 82.6 Å². The second kappa shape index (κ2) is 6.44. The predicted molar refractivity (Wildman–Crippen MR) is 102 cm³/mol. The number of carbonyl (C=O) groups excluding carboxylic acids is 1. The second-order valence-corrected chi connectivity index (χ2v) is 6.36. The second-order valence-electron chi connectivity index (χ2n) is 6.36. The highest BCUT2D eigenvalue weighted by atomic mass is 16.2. The van der Waals surface area contributed by atoms with E-state index in [2.05, 4.69) is 19.1 Å². The zero-order chi connectivity index (χ0) is 17.2. The van der Waals surface area contributed by atoms with E-state index in [0.29, 0.717) is 6.54 Å². The monoisotopic (exact) mass is 328 g/mol. The quantitative estimate of drug-likeness (QED) is 0.649. The topological polar surface area (TPSA) is 23.6 Å². The summed E-state index contributed by atoms with van der Waals surface area (Å²) in [4.78, 5) is 17.0. The van der Waals surface area contributed by atoms with E-state index in [-0.39, 0.29) is 12.1 Å². The molecule has 3 aromatic carbocycles. The number of urea groups is 1. The highest BCUT2D eigenvalue weighted by molar-refractivity contribution is 6.07. The van der Waals surface area contributed by atoms with Crippen LogP contribution in [0.2, 0.25) is 0 Å². The molecule has 0 aromatic heterocycles.